The van der Waals surface area contributed by atoms with Gasteiger partial charge in [0, 0.05) is 11.6 Å². The van der Waals surface area contributed by atoms with Gasteiger partial charge in [0.25, 0.3) is 0 Å². The predicted molar refractivity (Wildman–Crippen MR) is 53.7 cm³/mol. The Hall–Kier alpha value is -1.59. The smallest absolute Gasteiger partial charge is 0.101 e. The molecule has 0 aliphatic heterocycles. The fourth-order valence-electron chi connectivity index (χ4n) is 1.19. The van der Waals surface area contributed by atoms with Gasteiger partial charge in [-0.15, -0.1) is 12.4 Å². The van der Waals surface area contributed by atoms with Gasteiger partial charge in [0.15, 0.2) is 0 Å². The standard InChI is InChI=1S/C10H6N2.ClH/c11-7-9-4-1-3-8-5-2-6-12-10(8)9;/h1-6H;1H. The number of halogens is 1. The summed E-state index contributed by atoms with van der Waals surface area (Å²) in [5.74, 6) is 0. The van der Waals surface area contributed by atoms with E-state index in [0.717, 1.165) is 10.9 Å². The number of benzene rings is 1. The van der Waals surface area contributed by atoms with Crippen molar-refractivity contribution in [2.45, 2.75) is 0 Å². The molecule has 0 aliphatic carbocycles. The lowest BCUT2D eigenvalue weighted by molar-refractivity contribution is 1.39. The summed E-state index contributed by atoms with van der Waals surface area (Å²) in [7, 11) is 0. The number of pyridine rings is 1. The lowest BCUT2D eigenvalue weighted by Crippen LogP contribution is -1.81. The molecule has 1 aromatic carbocycles. The number of fused-ring (bicyclic) bond motifs is 1. The molecule has 2 nitrogen and oxygen atoms in total. The van der Waals surface area contributed by atoms with Crippen LogP contribution in [-0.2, 0) is 0 Å². The Bertz CT molecular complexity index is 454. The highest BCUT2D eigenvalue weighted by Gasteiger charge is 1.97. The first-order valence-electron chi connectivity index (χ1n) is 3.65. The van der Waals surface area contributed by atoms with Gasteiger partial charge >= 0.3 is 0 Å². The van der Waals surface area contributed by atoms with Crippen molar-refractivity contribution in [2.75, 3.05) is 0 Å². The van der Waals surface area contributed by atoms with Crippen LogP contribution in [0.5, 0.6) is 0 Å². The summed E-state index contributed by atoms with van der Waals surface area (Å²) >= 11 is 0. The van der Waals surface area contributed by atoms with Crippen LogP contribution in [0.3, 0.4) is 0 Å². The topological polar surface area (TPSA) is 36.7 Å². The van der Waals surface area contributed by atoms with Gasteiger partial charge in [-0.25, -0.2) is 0 Å². The first-order chi connectivity index (χ1) is 5.92. The van der Waals surface area contributed by atoms with Gasteiger partial charge in [0.05, 0.1) is 11.1 Å². The molecule has 64 valence electrons. The van der Waals surface area contributed by atoms with Crippen LogP contribution in [-0.4, -0.2) is 4.98 Å². The van der Waals surface area contributed by atoms with Gasteiger partial charge in [-0.1, -0.05) is 18.2 Å². The molecule has 0 spiro atoms. The van der Waals surface area contributed by atoms with E-state index >= 15 is 0 Å². The molecule has 2 rings (SSSR count). The van der Waals surface area contributed by atoms with E-state index in [2.05, 4.69) is 11.1 Å². The second-order valence-corrected chi connectivity index (χ2v) is 2.49. The third-order valence-corrected chi connectivity index (χ3v) is 1.75. The zero-order valence-electron chi connectivity index (χ0n) is 6.77. The highest BCUT2D eigenvalue weighted by atomic mass is 35.5. The second kappa shape index (κ2) is 3.88. The van der Waals surface area contributed by atoms with Crippen molar-refractivity contribution in [1.29, 1.82) is 5.26 Å². The highest BCUT2D eigenvalue weighted by molar-refractivity contribution is 5.85. The molecule has 13 heavy (non-hydrogen) atoms. The number of para-hydroxylation sites is 1. The molecule has 3 heteroatoms. The maximum Gasteiger partial charge on any atom is 0.101 e. The molecule has 2 aromatic rings. The first kappa shape index (κ1) is 9.50. The van der Waals surface area contributed by atoms with Crippen LogP contribution in [0.2, 0.25) is 0 Å². The molecule has 1 aromatic heterocycles. The molecular formula is C10H7ClN2. The summed E-state index contributed by atoms with van der Waals surface area (Å²) in [6.07, 6.45) is 1.70. The van der Waals surface area contributed by atoms with E-state index in [1.165, 1.54) is 0 Å². The third-order valence-electron chi connectivity index (χ3n) is 1.75. The van der Waals surface area contributed by atoms with E-state index in [1.54, 1.807) is 12.3 Å². The summed E-state index contributed by atoms with van der Waals surface area (Å²) in [6.45, 7) is 0. The summed E-state index contributed by atoms with van der Waals surface area (Å²) < 4.78 is 0. The summed E-state index contributed by atoms with van der Waals surface area (Å²) in [5, 5.41) is 9.76. The van der Waals surface area contributed by atoms with E-state index < -0.39 is 0 Å². The first-order valence-corrected chi connectivity index (χ1v) is 3.65. The molecular weight excluding hydrogens is 184 g/mol. The van der Waals surface area contributed by atoms with Crippen molar-refractivity contribution >= 4 is 23.3 Å². The van der Waals surface area contributed by atoms with E-state index in [1.807, 2.05) is 24.3 Å². The molecule has 0 bridgehead atoms. The SMILES string of the molecule is Cl.N#Cc1cccc2cccnc12. The largest absolute Gasteiger partial charge is 0.255 e. The Kier molecular flexibility index (Phi) is 2.84. The lowest BCUT2D eigenvalue weighted by Gasteiger charge is -1.95. The van der Waals surface area contributed by atoms with Crippen molar-refractivity contribution in [3.05, 3.63) is 42.1 Å². The minimum absolute atomic E-state index is 0. The monoisotopic (exact) mass is 190 g/mol. The molecule has 0 radical (unpaired) electrons. The van der Waals surface area contributed by atoms with E-state index in [-0.39, 0.29) is 12.4 Å². The summed E-state index contributed by atoms with van der Waals surface area (Å²) in [5.41, 5.74) is 1.41. The van der Waals surface area contributed by atoms with E-state index in [4.69, 9.17) is 5.26 Å². The molecule has 0 atom stereocenters. The lowest BCUT2D eigenvalue weighted by atomic mass is 10.1. The second-order valence-electron chi connectivity index (χ2n) is 2.49. The quantitative estimate of drug-likeness (QED) is 0.640. The summed E-state index contributed by atoms with van der Waals surface area (Å²) in [4.78, 5) is 4.13. The van der Waals surface area contributed by atoms with Crippen LogP contribution in [0.25, 0.3) is 10.9 Å². The third kappa shape index (κ3) is 1.61. The van der Waals surface area contributed by atoms with E-state index in [9.17, 15) is 0 Å². The Morgan fingerprint density at radius 1 is 1.15 bits per heavy atom. The number of aromatic nitrogens is 1. The molecule has 0 N–H and O–H groups in total. The van der Waals surface area contributed by atoms with Crippen molar-refractivity contribution in [1.82, 2.24) is 4.98 Å². The minimum atomic E-state index is 0. The Morgan fingerprint density at radius 3 is 2.69 bits per heavy atom. The Balaban J connectivity index is 0.000000845. The van der Waals surface area contributed by atoms with Gasteiger partial charge in [-0.3, -0.25) is 4.98 Å². The zero-order chi connectivity index (χ0) is 8.39. The maximum absolute atomic E-state index is 8.75. The van der Waals surface area contributed by atoms with Crippen LogP contribution in [0.4, 0.5) is 0 Å². The van der Waals surface area contributed by atoms with Crippen molar-refractivity contribution in [3.63, 3.8) is 0 Å². The predicted octanol–water partition coefficient (Wildman–Crippen LogP) is 2.53. The fourth-order valence-corrected chi connectivity index (χ4v) is 1.19. The number of hydrogen-bond donors (Lipinski definition) is 0. The van der Waals surface area contributed by atoms with Crippen molar-refractivity contribution in [2.24, 2.45) is 0 Å². The van der Waals surface area contributed by atoms with Crippen molar-refractivity contribution < 1.29 is 0 Å². The van der Waals surface area contributed by atoms with Crippen LogP contribution in [0.1, 0.15) is 5.56 Å². The molecule has 0 saturated heterocycles. The number of nitrogens with zero attached hydrogens (tertiary/aromatic N) is 2. The minimum Gasteiger partial charge on any atom is -0.255 e. The Morgan fingerprint density at radius 2 is 1.92 bits per heavy atom. The maximum atomic E-state index is 8.75. The molecule has 0 amide bonds. The van der Waals surface area contributed by atoms with E-state index in [0.29, 0.717) is 5.56 Å². The molecule has 1 heterocycles. The Labute approximate surface area is 82.2 Å². The zero-order valence-corrected chi connectivity index (χ0v) is 7.58. The van der Waals surface area contributed by atoms with Crippen LogP contribution >= 0.6 is 12.4 Å². The van der Waals surface area contributed by atoms with Gasteiger partial charge < -0.3 is 0 Å². The average Bonchev–Trinajstić information content (AvgIpc) is 2.17. The molecule has 0 unspecified atom stereocenters. The molecule has 0 saturated carbocycles. The number of rotatable bonds is 0. The van der Waals surface area contributed by atoms with Crippen LogP contribution in [0.15, 0.2) is 36.5 Å². The number of hydrogen-bond acceptors (Lipinski definition) is 2. The van der Waals surface area contributed by atoms with Gasteiger partial charge in [0.1, 0.15) is 6.07 Å². The molecule has 0 aliphatic rings. The molecule has 0 fully saturated rings. The van der Waals surface area contributed by atoms with Gasteiger partial charge in [-0.2, -0.15) is 5.26 Å². The average molecular weight is 191 g/mol. The van der Waals surface area contributed by atoms with Gasteiger partial charge in [-0.05, 0) is 12.1 Å². The number of nitriles is 1. The highest BCUT2D eigenvalue weighted by Crippen LogP contribution is 2.14. The van der Waals surface area contributed by atoms with Gasteiger partial charge in [0.2, 0.25) is 0 Å². The van der Waals surface area contributed by atoms with Crippen molar-refractivity contribution in [3.8, 4) is 6.07 Å². The summed E-state index contributed by atoms with van der Waals surface area (Å²) in [6, 6.07) is 11.5. The van der Waals surface area contributed by atoms with Crippen LogP contribution in [0, 0.1) is 11.3 Å². The van der Waals surface area contributed by atoms with Crippen LogP contribution < -0.4 is 0 Å². The normalized spacial score (nSPS) is 8.85. The fraction of sp³-hybridized carbons (Fsp3) is 0.